The number of piperidine rings is 1. The van der Waals surface area contributed by atoms with E-state index in [1.54, 1.807) is 0 Å². The highest BCUT2D eigenvalue weighted by atomic mass is 16.5. The van der Waals surface area contributed by atoms with Crippen molar-refractivity contribution in [3.8, 4) is 11.5 Å². The van der Waals surface area contributed by atoms with Gasteiger partial charge < -0.3 is 63.2 Å². The molecule has 57 heavy (non-hydrogen) atoms. The van der Waals surface area contributed by atoms with Gasteiger partial charge in [0.15, 0.2) is 11.5 Å². The van der Waals surface area contributed by atoms with E-state index in [2.05, 4.69) is 31.9 Å². The van der Waals surface area contributed by atoms with Crippen LogP contribution in [-0.4, -0.2) is 169 Å². The summed E-state index contributed by atoms with van der Waals surface area (Å²) >= 11 is 0. The molecule has 6 unspecified atom stereocenters. The monoisotopic (exact) mass is 813 g/mol. The maximum atomic E-state index is 13.3. The molecule has 1 aromatic rings. The van der Waals surface area contributed by atoms with Crippen molar-refractivity contribution in [1.82, 2.24) is 42.0 Å². The molecule has 1 saturated heterocycles. The Labute approximate surface area is 325 Å². The number of hydrogen-bond donors (Lipinski definition) is 14. The van der Waals surface area contributed by atoms with Gasteiger partial charge in [-0.15, -0.1) is 0 Å². The molecule has 2 rings (SSSR count). The van der Waals surface area contributed by atoms with Crippen LogP contribution >= 0.6 is 0 Å². The van der Waals surface area contributed by atoms with Crippen molar-refractivity contribution < 1.29 is 74.3 Å². The second-order valence-electron chi connectivity index (χ2n) is 12.9. The van der Waals surface area contributed by atoms with Crippen LogP contribution < -0.4 is 37.6 Å². The van der Waals surface area contributed by atoms with E-state index in [0.29, 0.717) is 17.9 Å². The Morgan fingerprint density at radius 2 is 1.42 bits per heavy atom. The van der Waals surface area contributed by atoms with Gasteiger partial charge >= 0.3 is 0 Å². The minimum atomic E-state index is -1.80. The molecule has 8 amide bonds. The minimum absolute atomic E-state index is 0.0396. The first-order valence-electron chi connectivity index (χ1n) is 17.8. The first-order chi connectivity index (χ1) is 26.9. The zero-order valence-corrected chi connectivity index (χ0v) is 31.0. The predicted octanol–water partition coefficient (Wildman–Crippen LogP) is -5.63. The van der Waals surface area contributed by atoms with E-state index in [1.807, 2.05) is 0 Å². The smallest absolute Gasteiger partial charge is 0.270 e. The van der Waals surface area contributed by atoms with E-state index in [0.717, 1.165) is 12.1 Å². The molecule has 24 heteroatoms. The lowest BCUT2D eigenvalue weighted by molar-refractivity contribution is -0.173. The Balaban J connectivity index is 2.02. The standard InChI is InChI=1S/C33H51N9O15/c1-17(46)35-11-3-8-20(36-30(52)22(14-43)38-27(49)18-6-2-10-25(47)26(18)48)29(51)39-23(15-44)31(53)40-24(16-45)33(55)42(57)12-4-7-19(34)28(50)37-21-9-5-13-41(56)32(21)54/h2,6,10,19-24,43-45,47-48,56-57H,3-5,7-9,11-16,34H2,1H3,(H,35,46)(H,36,52)(H,37,50)(H,38,49)(H,39,51)(H,40,53). The molecule has 0 aliphatic carbocycles. The Kier molecular flexibility index (Phi) is 19.5. The van der Waals surface area contributed by atoms with E-state index < -0.39 is 127 Å². The van der Waals surface area contributed by atoms with Crippen LogP contribution in [0, 0.1) is 0 Å². The first kappa shape index (κ1) is 47.5. The molecule has 1 aliphatic rings. The molecule has 1 heterocycles. The van der Waals surface area contributed by atoms with Gasteiger partial charge in [0.2, 0.25) is 29.5 Å². The highest BCUT2D eigenvalue weighted by Crippen LogP contribution is 2.28. The van der Waals surface area contributed by atoms with Crippen molar-refractivity contribution in [2.24, 2.45) is 5.73 Å². The molecular formula is C33H51N9O15. The second kappa shape index (κ2) is 23.4. The average Bonchev–Trinajstić information content (AvgIpc) is 3.17. The van der Waals surface area contributed by atoms with Gasteiger partial charge in [-0.25, -0.2) is 10.1 Å². The normalized spacial score (nSPS) is 16.5. The highest BCUT2D eigenvalue weighted by Gasteiger charge is 2.33. The maximum absolute atomic E-state index is 13.3. The number of aliphatic hydroxyl groups excluding tert-OH is 3. The van der Waals surface area contributed by atoms with Crippen LogP contribution in [0.25, 0.3) is 0 Å². The second-order valence-corrected chi connectivity index (χ2v) is 12.9. The summed E-state index contributed by atoms with van der Waals surface area (Å²) in [6.45, 7) is -2.14. The zero-order valence-electron chi connectivity index (χ0n) is 31.0. The summed E-state index contributed by atoms with van der Waals surface area (Å²) in [6, 6.07) is -5.49. The number of carbonyl (C=O) groups is 8. The summed E-state index contributed by atoms with van der Waals surface area (Å²) in [7, 11) is 0. The van der Waals surface area contributed by atoms with Gasteiger partial charge in [-0.05, 0) is 50.7 Å². The number of rotatable bonds is 22. The molecular weight excluding hydrogens is 762 g/mol. The van der Waals surface area contributed by atoms with Gasteiger partial charge in [0.25, 0.3) is 17.7 Å². The summed E-state index contributed by atoms with van der Waals surface area (Å²) in [5.74, 6) is -8.92. The zero-order chi connectivity index (χ0) is 42.8. The van der Waals surface area contributed by atoms with Crippen LogP contribution in [0.1, 0.15) is 55.8 Å². The van der Waals surface area contributed by atoms with Crippen molar-refractivity contribution in [3.63, 3.8) is 0 Å². The van der Waals surface area contributed by atoms with Gasteiger partial charge in [-0.3, -0.25) is 48.8 Å². The lowest BCUT2D eigenvalue weighted by atomic mass is 10.0. The molecule has 15 N–H and O–H groups in total. The molecule has 0 radical (unpaired) electrons. The van der Waals surface area contributed by atoms with Gasteiger partial charge in [0.1, 0.15) is 30.2 Å². The SMILES string of the molecule is CC(=O)NCCCC(NC(=O)C(CO)NC(=O)c1cccc(O)c1O)C(=O)NC(CO)C(=O)NC(CO)C(=O)N(O)CCCC(N)C(=O)NC1CCCN(O)C1=O. The topological polar surface area (TPSA) is 383 Å². The Hall–Kier alpha value is -5.66. The third-order valence-corrected chi connectivity index (χ3v) is 8.56. The van der Waals surface area contributed by atoms with E-state index in [9.17, 15) is 74.3 Å². The number of hydrogen-bond acceptors (Lipinski definition) is 16. The van der Waals surface area contributed by atoms with Gasteiger partial charge in [0, 0.05) is 26.6 Å². The third kappa shape index (κ3) is 14.7. The quantitative estimate of drug-likeness (QED) is 0.0225. The van der Waals surface area contributed by atoms with Crippen LogP contribution in [0.15, 0.2) is 18.2 Å². The van der Waals surface area contributed by atoms with E-state index in [1.165, 1.54) is 13.0 Å². The fourth-order valence-corrected chi connectivity index (χ4v) is 5.33. The summed E-state index contributed by atoms with van der Waals surface area (Å²) in [4.78, 5) is 101. The number of hydroxylamine groups is 4. The number of phenolic OH excluding ortho intramolecular Hbond substituents is 2. The summed E-state index contributed by atoms with van der Waals surface area (Å²) in [5, 5.41) is 83.3. The largest absolute Gasteiger partial charge is 0.504 e. The average molecular weight is 814 g/mol. The number of phenols is 2. The molecule has 1 aromatic carbocycles. The van der Waals surface area contributed by atoms with Crippen molar-refractivity contribution in [1.29, 1.82) is 0 Å². The molecule has 318 valence electrons. The predicted molar refractivity (Wildman–Crippen MR) is 191 cm³/mol. The fourth-order valence-electron chi connectivity index (χ4n) is 5.33. The molecule has 0 bridgehead atoms. The van der Waals surface area contributed by atoms with Crippen molar-refractivity contribution >= 4 is 47.3 Å². The number of para-hydroxylation sites is 1. The number of amides is 8. The number of nitrogens with one attached hydrogen (secondary N) is 6. The van der Waals surface area contributed by atoms with Crippen LogP contribution in [-0.2, 0) is 33.6 Å². The molecule has 1 aliphatic heterocycles. The molecule has 6 atom stereocenters. The molecule has 24 nitrogen and oxygen atoms in total. The van der Waals surface area contributed by atoms with Crippen LogP contribution in [0.4, 0.5) is 0 Å². The van der Waals surface area contributed by atoms with Crippen LogP contribution in [0.2, 0.25) is 0 Å². The molecule has 0 saturated carbocycles. The van der Waals surface area contributed by atoms with Gasteiger partial charge in [0.05, 0.1) is 31.4 Å². The Bertz CT molecular complexity index is 1600. The number of nitrogens with zero attached hydrogens (tertiary/aromatic N) is 2. The molecule has 0 spiro atoms. The number of aromatic hydroxyl groups is 2. The van der Waals surface area contributed by atoms with Crippen molar-refractivity contribution in [3.05, 3.63) is 23.8 Å². The van der Waals surface area contributed by atoms with Gasteiger partial charge in [-0.1, -0.05) is 6.07 Å². The summed E-state index contributed by atoms with van der Waals surface area (Å²) < 4.78 is 0. The highest BCUT2D eigenvalue weighted by molar-refractivity contribution is 6.01. The van der Waals surface area contributed by atoms with Crippen LogP contribution in [0.5, 0.6) is 11.5 Å². The summed E-state index contributed by atoms with van der Waals surface area (Å²) in [5.41, 5.74) is 5.42. The van der Waals surface area contributed by atoms with Crippen LogP contribution in [0.3, 0.4) is 0 Å². The number of nitrogens with two attached hydrogens (primary N) is 1. The van der Waals surface area contributed by atoms with E-state index >= 15 is 0 Å². The van der Waals surface area contributed by atoms with Gasteiger partial charge in [-0.2, -0.15) is 0 Å². The number of carbonyl (C=O) groups excluding carboxylic acids is 8. The Morgan fingerprint density at radius 1 is 0.842 bits per heavy atom. The molecule has 1 fully saturated rings. The van der Waals surface area contributed by atoms with Crippen molar-refractivity contribution in [2.75, 3.05) is 39.5 Å². The van der Waals surface area contributed by atoms with Crippen molar-refractivity contribution in [2.45, 2.75) is 81.7 Å². The Morgan fingerprint density at radius 3 is 2.04 bits per heavy atom. The fraction of sp³-hybridized carbons (Fsp3) is 0.576. The minimum Gasteiger partial charge on any atom is -0.504 e. The number of aliphatic hydroxyl groups is 3. The van der Waals surface area contributed by atoms with E-state index in [-0.39, 0.29) is 43.8 Å². The maximum Gasteiger partial charge on any atom is 0.270 e. The lowest BCUT2D eigenvalue weighted by Crippen LogP contribution is -2.60. The van der Waals surface area contributed by atoms with E-state index in [4.69, 9.17) is 5.73 Å². The third-order valence-electron chi connectivity index (χ3n) is 8.56. The number of benzene rings is 1. The first-order valence-corrected chi connectivity index (χ1v) is 17.8. The molecule has 0 aromatic heterocycles. The lowest BCUT2D eigenvalue weighted by Gasteiger charge is -2.28. The summed E-state index contributed by atoms with van der Waals surface area (Å²) in [6.07, 6.45) is 0.485.